The molecule has 9 heteroatoms. The van der Waals surface area contributed by atoms with Gasteiger partial charge in [-0.2, -0.15) is 0 Å². The summed E-state index contributed by atoms with van der Waals surface area (Å²) < 4.78 is 0. The molecule has 1 unspecified atom stereocenters. The highest BCUT2D eigenvalue weighted by Crippen LogP contribution is 2.28. The summed E-state index contributed by atoms with van der Waals surface area (Å²) >= 11 is 6.10. The van der Waals surface area contributed by atoms with Gasteiger partial charge in [-0.25, -0.2) is 0 Å². The topological polar surface area (TPSA) is 88.4 Å². The van der Waals surface area contributed by atoms with E-state index in [0.29, 0.717) is 19.6 Å². The van der Waals surface area contributed by atoms with Crippen LogP contribution >= 0.6 is 24.0 Å². The molecule has 1 fully saturated rings. The molecule has 1 aliphatic rings. The second-order valence-corrected chi connectivity index (χ2v) is 5.83. The van der Waals surface area contributed by atoms with Gasteiger partial charge in [0.25, 0.3) is 11.6 Å². The van der Waals surface area contributed by atoms with Gasteiger partial charge in [0.15, 0.2) is 0 Å². The van der Waals surface area contributed by atoms with Gasteiger partial charge in [-0.1, -0.05) is 17.7 Å². The molecule has 2 heterocycles. The number of nitrogens with one attached hydrogen (secondary N) is 1. The van der Waals surface area contributed by atoms with Crippen molar-refractivity contribution in [2.45, 2.75) is 6.04 Å². The van der Waals surface area contributed by atoms with Crippen molar-refractivity contribution in [2.24, 2.45) is 0 Å². The highest BCUT2D eigenvalue weighted by Gasteiger charge is 2.30. The summed E-state index contributed by atoms with van der Waals surface area (Å²) in [6.45, 7) is 1.81. The van der Waals surface area contributed by atoms with E-state index in [4.69, 9.17) is 11.6 Å². The summed E-state index contributed by atoms with van der Waals surface area (Å²) in [4.78, 5) is 29.0. The standard InChI is InChI=1S/C16H15ClN4O3.ClH/c17-14-8-12(21(23)24)3-4-13(14)16(22)20-7-6-19-10-15(20)11-2-1-5-18-9-11;/h1-5,8-9,15,19H,6-7,10H2;1H. The third-order valence-corrected chi connectivity index (χ3v) is 4.28. The van der Waals surface area contributed by atoms with Crippen molar-refractivity contribution in [1.29, 1.82) is 0 Å². The van der Waals surface area contributed by atoms with Gasteiger partial charge in [-0.05, 0) is 17.7 Å². The van der Waals surface area contributed by atoms with Crippen molar-refractivity contribution in [1.82, 2.24) is 15.2 Å². The van der Waals surface area contributed by atoms with Crippen LogP contribution in [0.15, 0.2) is 42.7 Å². The summed E-state index contributed by atoms with van der Waals surface area (Å²) in [6.07, 6.45) is 3.41. The van der Waals surface area contributed by atoms with Gasteiger partial charge < -0.3 is 10.2 Å². The molecule has 132 valence electrons. The molecule has 3 rings (SSSR count). The van der Waals surface area contributed by atoms with Crippen LogP contribution in [-0.4, -0.2) is 40.3 Å². The number of nitro benzene ring substituents is 1. The van der Waals surface area contributed by atoms with E-state index in [0.717, 1.165) is 5.56 Å². The number of piperazine rings is 1. The van der Waals surface area contributed by atoms with E-state index in [2.05, 4.69) is 10.3 Å². The molecular weight excluding hydrogens is 367 g/mol. The van der Waals surface area contributed by atoms with Crippen LogP contribution in [0.4, 0.5) is 5.69 Å². The predicted molar refractivity (Wildman–Crippen MR) is 96.2 cm³/mol. The molecular formula is C16H16Cl2N4O3. The minimum atomic E-state index is -0.538. The van der Waals surface area contributed by atoms with E-state index in [1.165, 1.54) is 18.2 Å². The van der Waals surface area contributed by atoms with Gasteiger partial charge in [0.2, 0.25) is 0 Å². The number of benzene rings is 1. The first-order valence-electron chi connectivity index (χ1n) is 7.43. The number of hydrogen-bond acceptors (Lipinski definition) is 5. The Morgan fingerprint density at radius 1 is 1.40 bits per heavy atom. The molecule has 0 aliphatic carbocycles. The van der Waals surface area contributed by atoms with Gasteiger partial charge in [0, 0.05) is 44.2 Å². The maximum atomic E-state index is 12.9. The molecule has 0 bridgehead atoms. The van der Waals surface area contributed by atoms with E-state index in [9.17, 15) is 14.9 Å². The third-order valence-electron chi connectivity index (χ3n) is 3.97. The van der Waals surface area contributed by atoms with Crippen molar-refractivity contribution < 1.29 is 9.72 Å². The molecule has 1 aliphatic heterocycles. The number of carbonyl (C=O) groups excluding carboxylic acids is 1. The zero-order valence-corrected chi connectivity index (χ0v) is 14.7. The van der Waals surface area contributed by atoms with Crippen LogP contribution in [0.5, 0.6) is 0 Å². The molecule has 1 saturated heterocycles. The Morgan fingerprint density at radius 3 is 2.84 bits per heavy atom. The van der Waals surface area contributed by atoms with Crippen LogP contribution in [0.1, 0.15) is 22.0 Å². The van der Waals surface area contributed by atoms with Crippen LogP contribution in [0.2, 0.25) is 5.02 Å². The third kappa shape index (κ3) is 4.07. The summed E-state index contributed by atoms with van der Waals surface area (Å²) in [5.41, 5.74) is 1.05. The summed E-state index contributed by atoms with van der Waals surface area (Å²) in [6, 6.07) is 7.49. The average Bonchev–Trinajstić information content (AvgIpc) is 2.61. The number of rotatable bonds is 3. The van der Waals surface area contributed by atoms with Gasteiger partial charge in [-0.3, -0.25) is 19.9 Å². The van der Waals surface area contributed by atoms with Crippen LogP contribution in [0.3, 0.4) is 0 Å². The Morgan fingerprint density at radius 2 is 2.20 bits per heavy atom. The number of carbonyl (C=O) groups is 1. The molecule has 0 spiro atoms. The Hall–Kier alpha value is -2.22. The Kier molecular flexibility index (Phi) is 6.30. The molecule has 1 aromatic heterocycles. The molecule has 1 atom stereocenters. The fourth-order valence-corrected chi connectivity index (χ4v) is 3.02. The zero-order chi connectivity index (χ0) is 17.1. The number of aromatic nitrogens is 1. The van der Waals surface area contributed by atoms with Gasteiger partial charge in [0.1, 0.15) is 0 Å². The number of amides is 1. The van der Waals surface area contributed by atoms with E-state index < -0.39 is 4.92 Å². The van der Waals surface area contributed by atoms with Crippen LogP contribution in [0, 0.1) is 10.1 Å². The Bertz CT molecular complexity index is 773. The molecule has 25 heavy (non-hydrogen) atoms. The second kappa shape index (κ2) is 8.24. The molecule has 0 saturated carbocycles. The van der Waals surface area contributed by atoms with Crippen molar-refractivity contribution in [3.8, 4) is 0 Å². The Labute approximate surface area is 155 Å². The summed E-state index contributed by atoms with van der Waals surface area (Å²) in [5, 5.41) is 14.2. The van der Waals surface area contributed by atoms with E-state index in [1.807, 2.05) is 12.1 Å². The summed E-state index contributed by atoms with van der Waals surface area (Å²) in [7, 11) is 0. The molecule has 1 aromatic carbocycles. The van der Waals surface area contributed by atoms with Gasteiger partial charge in [0.05, 0.1) is 21.6 Å². The average molecular weight is 383 g/mol. The first kappa shape index (κ1) is 19.1. The largest absolute Gasteiger partial charge is 0.329 e. The van der Waals surface area contributed by atoms with Crippen molar-refractivity contribution in [2.75, 3.05) is 19.6 Å². The molecule has 7 nitrogen and oxygen atoms in total. The first-order chi connectivity index (χ1) is 11.6. The van der Waals surface area contributed by atoms with Crippen LogP contribution < -0.4 is 5.32 Å². The molecule has 0 radical (unpaired) electrons. The predicted octanol–water partition coefficient (Wildman–Crippen LogP) is 2.85. The molecule has 1 amide bonds. The highest BCUT2D eigenvalue weighted by atomic mass is 35.5. The monoisotopic (exact) mass is 382 g/mol. The normalized spacial score (nSPS) is 16.8. The lowest BCUT2D eigenvalue weighted by molar-refractivity contribution is -0.384. The smallest absolute Gasteiger partial charge is 0.270 e. The lowest BCUT2D eigenvalue weighted by Crippen LogP contribution is -2.48. The van der Waals surface area contributed by atoms with Crippen LogP contribution in [-0.2, 0) is 0 Å². The van der Waals surface area contributed by atoms with Crippen molar-refractivity contribution >= 4 is 35.6 Å². The maximum absolute atomic E-state index is 12.9. The van der Waals surface area contributed by atoms with E-state index >= 15 is 0 Å². The number of halogens is 2. The summed E-state index contributed by atoms with van der Waals surface area (Å²) in [5.74, 6) is -0.245. The highest BCUT2D eigenvalue weighted by molar-refractivity contribution is 6.34. The quantitative estimate of drug-likeness (QED) is 0.651. The van der Waals surface area contributed by atoms with Crippen molar-refractivity contribution in [3.63, 3.8) is 0 Å². The SMILES string of the molecule is Cl.O=C(c1ccc([N+](=O)[O-])cc1Cl)N1CCNCC1c1cccnc1. The molecule has 1 N–H and O–H groups in total. The zero-order valence-electron chi connectivity index (χ0n) is 13.1. The fourth-order valence-electron chi connectivity index (χ4n) is 2.76. The number of non-ortho nitro benzene ring substituents is 1. The first-order valence-corrected chi connectivity index (χ1v) is 7.81. The van der Waals surface area contributed by atoms with Gasteiger partial charge in [-0.15, -0.1) is 12.4 Å². The van der Waals surface area contributed by atoms with E-state index in [-0.39, 0.29) is 40.6 Å². The Balaban J connectivity index is 0.00000225. The fraction of sp³-hybridized carbons (Fsp3) is 0.250. The second-order valence-electron chi connectivity index (χ2n) is 5.43. The molecule has 2 aromatic rings. The number of nitrogens with zero attached hydrogens (tertiary/aromatic N) is 3. The number of nitro groups is 1. The minimum Gasteiger partial charge on any atom is -0.329 e. The van der Waals surface area contributed by atoms with Crippen molar-refractivity contribution in [3.05, 3.63) is 69.0 Å². The maximum Gasteiger partial charge on any atom is 0.270 e. The minimum absolute atomic E-state index is 0. The lowest BCUT2D eigenvalue weighted by atomic mass is 10.0. The lowest BCUT2D eigenvalue weighted by Gasteiger charge is -2.36. The van der Waals surface area contributed by atoms with Crippen LogP contribution in [0.25, 0.3) is 0 Å². The number of pyridine rings is 1. The van der Waals surface area contributed by atoms with Gasteiger partial charge >= 0.3 is 0 Å². The van der Waals surface area contributed by atoms with E-state index in [1.54, 1.807) is 17.3 Å². The number of hydrogen-bond donors (Lipinski definition) is 1.